The van der Waals surface area contributed by atoms with E-state index >= 15 is 0 Å². The molecule has 87 heavy (non-hydrogen) atoms. The van der Waals surface area contributed by atoms with E-state index in [1.807, 2.05) is 0 Å². The van der Waals surface area contributed by atoms with E-state index in [2.05, 4.69) is 300 Å². The lowest BCUT2D eigenvalue weighted by molar-refractivity contribution is 0.794. The Morgan fingerprint density at radius 2 is 1.06 bits per heavy atom. The standard InChI is InChI=1S/C84H59N3/c1-5-22-54(23-6-1)61-46-62(55-24-7-2-8-25-55)48-63(47-61)58-30-21-31-64(49-58)86-79-39-20-16-34-68(79)71-50-59(40-44-80(71)86)60-41-45-81-72(51-60)69-42-43-76-82(70-35-15-19-38-75(70)84(76)73-36-17-13-32-66(73)67-33-14-18-37-74(67)84)83(69)87(81)65-52-77(56-26-9-3-10-27-56)85-78(53-65)57-28-11-4-12-29-57/h1-7,9-20,22-24,26-28,30,32-53,57H,8,21,25,29,31H2. The highest BCUT2D eigenvalue weighted by Gasteiger charge is 2.52. The SMILES string of the molecule is C1=CCCC(c2cc(C3=CCCC(n4c5ccccc5c5cc(-c6ccc7c(c6)c6ccc8c(c6n7-c6cc(-c7ccccc7)nc(C7C=CC=CC7)c6)-c6ccccc6C86c7ccccc7-c7ccccc76)ccc54)=C3)cc(-c3ccccc3)c2)=C1. The van der Waals surface area contributed by atoms with Gasteiger partial charge in [-0.2, -0.15) is 0 Å². The summed E-state index contributed by atoms with van der Waals surface area (Å²) in [6, 6.07) is 89.4. The third kappa shape index (κ3) is 7.65. The predicted molar refractivity (Wildman–Crippen MR) is 364 cm³/mol. The van der Waals surface area contributed by atoms with Gasteiger partial charge >= 0.3 is 0 Å². The van der Waals surface area contributed by atoms with Crippen LogP contribution in [-0.4, -0.2) is 14.1 Å². The van der Waals surface area contributed by atoms with Gasteiger partial charge in [-0.05, 0) is 182 Å². The summed E-state index contributed by atoms with van der Waals surface area (Å²) >= 11 is 0. The van der Waals surface area contributed by atoms with Crippen molar-refractivity contribution < 1.29 is 0 Å². The topological polar surface area (TPSA) is 22.8 Å². The first-order valence-electron chi connectivity index (χ1n) is 31.0. The van der Waals surface area contributed by atoms with Crippen LogP contribution in [0.3, 0.4) is 0 Å². The number of rotatable bonds is 8. The molecule has 0 fully saturated rings. The van der Waals surface area contributed by atoms with Crippen molar-refractivity contribution in [2.45, 2.75) is 43.4 Å². The van der Waals surface area contributed by atoms with Crippen molar-refractivity contribution in [3.05, 3.63) is 330 Å². The number of fused-ring (bicyclic) bond motifs is 17. The summed E-state index contributed by atoms with van der Waals surface area (Å²) in [5, 5.41) is 4.98. The van der Waals surface area contributed by atoms with Gasteiger partial charge in [0.05, 0.1) is 44.6 Å². The highest BCUT2D eigenvalue weighted by molar-refractivity contribution is 6.18. The first kappa shape index (κ1) is 49.8. The van der Waals surface area contributed by atoms with Gasteiger partial charge < -0.3 is 9.13 Å². The maximum atomic E-state index is 5.49. The Balaban J connectivity index is 0.831. The Kier molecular flexibility index (Phi) is 11.3. The molecule has 3 heteroatoms. The Morgan fingerprint density at radius 3 is 1.79 bits per heavy atom. The summed E-state index contributed by atoms with van der Waals surface area (Å²) in [7, 11) is 0. The number of hydrogen-bond acceptors (Lipinski definition) is 1. The summed E-state index contributed by atoms with van der Waals surface area (Å²) in [5.41, 5.74) is 30.6. The second-order valence-corrected chi connectivity index (χ2v) is 24.2. The van der Waals surface area contributed by atoms with Gasteiger partial charge in [-0.1, -0.05) is 225 Å². The van der Waals surface area contributed by atoms with Gasteiger partial charge in [0.2, 0.25) is 0 Å². The zero-order valence-electron chi connectivity index (χ0n) is 48.2. The van der Waals surface area contributed by atoms with Crippen LogP contribution in [0.25, 0.3) is 122 Å². The average molecular weight is 1110 g/mol. The van der Waals surface area contributed by atoms with E-state index in [0.29, 0.717) is 0 Å². The molecular formula is C84H59N3. The first-order valence-corrected chi connectivity index (χ1v) is 31.0. The van der Waals surface area contributed by atoms with Gasteiger partial charge in [0.25, 0.3) is 0 Å². The Labute approximate surface area is 506 Å². The molecule has 0 saturated heterocycles. The molecule has 0 radical (unpaired) electrons. The monoisotopic (exact) mass is 1110 g/mol. The maximum Gasteiger partial charge on any atom is 0.0726 e. The molecular weight excluding hydrogens is 1050 g/mol. The Bertz CT molecular complexity index is 5200. The van der Waals surface area contributed by atoms with Crippen LogP contribution in [0, 0.1) is 0 Å². The molecule has 3 heterocycles. The largest absolute Gasteiger partial charge is 0.313 e. The van der Waals surface area contributed by atoms with E-state index in [1.165, 1.54) is 138 Å². The van der Waals surface area contributed by atoms with Crippen LogP contribution in [0.4, 0.5) is 0 Å². The molecule has 18 rings (SSSR count). The van der Waals surface area contributed by atoms with Crippen molar-refractivity contribution >= 4 is 60.5 Å². The van der Waals surface area contributed by atoms with E-state index < -0.39 is 5.41 Å². The second kappa shape index (κ2) is 19.7. The zero-order valence-corrected chi connectivity index (χ0v) is 48.2. The number of benzene rings is 10. The summed E-state index contributed by atoms with van der Waals surface area (Å²) < 4.78 is 5.14. The molecule has 0 bridgehead atoms. The molecule has 0 saturated carbocycles. The van der Waals surface area contributed by atoms with Gasteiger partial charge in [0.15, 0.2) is 0 Å². The number of allylic oxidation sites excluding steroid dienone is 12. The lowest BCUT2D eigenvalue weighted by atomic mass is 9.70. The van der Waals surface area contributed by atoms with Gasteiger partial charge in [-0.25, -0.2) is 0 Å². The van der Waals surface area contributed by atoms with Crippen LogP contribution in [0.15, 0.2) is 291 Å². The van der Waals surface area contributed by atoms with Crippen molar-refractivity contribution in [3.63, 3.8) is 0 Å². The van der Waals surface area contributed by atoms with E-state index in [-0.39, 0.29) is 5.92 Å². The van der Waals surface area contributed by atoms with Crippen LogP contribution in [0.1, 0.15) is 77.1 Å². The Morgan fingerprint density at radius 1 is 0.414 bits per heavy atom. The van der Waals surface area contributed by atoms with Gasteiger partial charge in [-0.15, -0.1) is 0 Å². The molecule has 1 atom stereocenters. The molecule has 5 aliphatic rings. The number of aromatic nitrogens is 3. The lowest BCUT2D eigenvalue weighted by Gasteiger charge is -2.30. The minimum absolute atomic E-state index is 0.152. The molecule has 0 amide bonds. The lowest BCUT2D eigenvalue weighted by Crippen LogP contribution is -2.25. The fourth-order valence-electron chi connectivity index (χ4n) is 15.7. The molecule has 0 aliphatic heterocycles. The summed E-state index contributed by atoms with van der Waals surface area (Å²) in [6.45, 7) is 0. The van der Waals surface area contributed by atoms with Crippen molar-refractivity contribution in [1.82, 2.24) is 14.1 Å². The quantitative estimate of drug-likeness (QED) is 0.149. The zero-order chi connectivity index (χ0) is 57.2. The maximum absolute atomic E-state index is 5.49. The molecule has 10 aromatic carbocycles. The minimum atomic E-state index is -0.487. The van der Waals surface area contributed by atoms with Crippen LogP contribution in [0.2, 0.25) is 0 Å². The summed E-state index contributed by atoms with van der Waals surface area (Å²) in [4.78, 5) is 5.49. The van der Waals surface area contributed by atoms with Crippen LogP contribution >= 0.6 is 0 Å². The molecule has 3 aromatic heterocycles. The smallest absolute Gasteiger partial charge is 0.0726 e. The van der Waals surface area contributed by atoms with Crippen LogP contribution < -0.4 is 0 Å². The fourth-order valence-corrected chi connectivity index (χ4v) is 15.7. The second-order valence-electron chi connectivity index (χ2n) is 24.2. The first-order chi connectivity index (χ1) is 43.1. The van der Waals surface area contributed by atoms with E-state index in [0.717, 1.165) is 54.7 Å². The Hall–Kier alpha value is -10.6. The number of para-hydroxylation sites is 1. The van der Waals surface area contributed by atoms with Crippen LogP contribution in [0.5, 0.6) is 0 Å². The van der Waals surface area contributed by atoms with Crippen molar-refractivity contribution in [2.75, 3.05) is 0 Å². The minimum Gasteiger partial charge on any atom is -0.313 e. The predicted octanol–water partition coefficient (Wildman–Crippen LogP) is 21.7. The molecule has 410 valence electrons. The van der Waals surface area contributed by atoms with Gasteiger partial charge in [0.1, 0.15) is 0 Å². The molecule has 5 aliphatic carbocycles. The van der Waals surface area contributed by atoms with Crippen molar-refractivity contribution in [1.29, 1.82) is 0 Å². The molecule has 1 unspecified atom stereocenters. The summed E-state index contributed by atoms with van der Waals surface area (Å²) in [5.74, 6) is 0.152. The third-order valence-corrected chi connectivity index (χ3v) is 19.5. The van der Waals surface area contributed by atoms with E-state index in [9.17, 15) is 0 Å². The van der Waals surface area contributed by atoms with E-state index in [4.69, 9.17) is 4.98 Å². The molecule has 1 spiro atoms. The molecule has 0 N–H and O–H groups in total. The normalized spacial score (nSPS) is 16.1. The number of nitrogens with zero attached hydrogens (tertiary/aromatic N) is 3. The molecule has 13 aromatic rings. The number of hydrogen-bond donors (Lipinski definition) is 0. The summed E-state index contributed by atoms with van der Waals surface area (Å²) in [6.07, 6.45) is 25.6. The highest BCUT2D eigenvalue weighted by Crippen LogP contribution is 2.64. The van der Waals surface area contributed by atoms with Crippen molar-refractivity contribution in [2.24, 2.45) is 0 Å². The van der Waals surface area contributed by atoms with Gasteiger partial charge in [-0.3, -0.25) is 4.98 Å². The fraction of sp³-hybridized carbons (Fsp3) is 0.0833. The van der Waals surface area contributed by atoms with Gasteiger partial charge in [0, 0.05) is 44.3 Å². The van der Waals surface area contributed by atoms with Crippen LogP contribution in [-0.2, 0) is 5.41 Å². The highest BCUT2D eigenvalue weighted by atomic mass is 15.0. The number of pyridine rings is 1. The van der Waals surface area contributed by atoms with Crippen molar-refractivity contribution in [3.8, 4) is 61.5 Å². The van der Waals surface area contributed by atoms with E-state index in [1.54, 1.807) is 0 Å². The average Bonchev–Trinajstić information content (AvgIpc) is 1.55. The third-order valence-electron chi connectivity index (χ3n) is 19.5. The molecule has 3 nitrogen and oxygen atoms in total.